The van der Waals surface area contributed by atoms with Gasteiger partial charge in [-0.15, -0.1) is 0 Å². The number of hydrogen-bond donors (Lipinski definition) is 1. The standard InChI is InChI=1S/C15H24N2O3/c1-19-11-6-9-17(10-12-20-2)15(18)13-16-14-7-4-3-5-8-14/h3-5,7-8,16H,6,9-13H2,1-2H3. The Balaban J connectivity index is 2.40. The summed E-state index contributed by atoms with van der Waals surface area (Å²) in [5.41, 5.74) is 0.949. The van der Waals surface area contributed by atoms with E-state index < -0.39 is 0 Å². The molecule has 112 valence electrons. The van der Waals surface area contributed by atoms with Gasteiger partial charge in [-0.05, 0) is 18.6 Å². The number of nitrogens with one attached hydrogen (secondary N) is 1. The smallest absolute Gasteiger partial charge is 0.241 e. The Kier molecular flexibility index (Phi) is 8.42. The summed E-state index contributed by atoms with van der Waals surface area (Å²) in [5.74, 6) is 0.0713. The molecule has 20 heavy (non-hydrogen) atoms. The Morgan fingerprint density at radius 1 is 1.10 bits per heavy atom. The van der Waals surface area contributed by atoms with E-state index in [0.717, 1.165) is 12.1 Å². The molecule has 5 nitrogen and oxygen atoms in total. The Morgan fingerprint density at radius 3 is 2.45 bits per heavy atom. The highest BCUT2D eigenvalue weighted by Crippen LogP contribution is 2.04. The molecule has 0 bridgehead atoms. The summed E-state index contributed by atoms with van der Waals surface area (Å²) in [5, 5.41) is 3.13. The lowest BCUT2D eigenvalue weighted by molar-refractivity contribution is -0.130. The minimum absolute atomic E-state index is 0.0713. The van der Waals surface area contributed by atoms with Crippen molar-refractivity contribution in [2.75, 3.05) is 52.4 Å². The lowest BCUT2D eigenvalue weighted by Gasteiger charge is -2.22. The first-order chi connectivity index (χ1) is 9.77. The van der Waals surface area contributed by atoms with Crippen molar-refractivity contribution in [3.05, 3.63) is 30.3 Å². The third-order valence-corrected chi connectivity index (χ3v) is 2.91. The summed E-state index contributed by atoms with van der Waals surface area (Å²) in [4.78, 5) is 14.0. The number of para-hydroxylation sites is 1. The van der Waals surface area contributed by atoms with E-state index in [-0.39, 0.29) is 5.91 Å². The first kappa shape index (κ1) is 16.5. The van der Waals surface area contributed by atoms with Crippen molar-refractivity contribution >= 4 is 11.6 Å². The summed E-state index contributed by atoms with van der Waals surface area (Å²) in [7, 11) is 3.30. The molecule has 0 aliphatic rings. The molecule has 1 rings (SSSR count). The number of ether oxygens (including phenoxy) is 2. The third-order valence-electron chi connectivity index (χ3n) is 2.91. The molecule has 1 N–H and O–H groups in total. The van der Waals surface area contributed by atoms with E-state index in [0.29, 0.717) is 32.8 Å². The predicted molar refractivity (Wildman–Crippen MR) is 79.9 cm³/mol. The van der Waals surface area contributed by atoms with Crippen LogP contribution in [0.15, 0.2) is 30.3 Å². The van der Waals surface area contributed by atoms with Crippen molar-refractivity contribution in [1.29, 1.82) is 0 Å². The van der Waals surface area contributed by atoms with E-state index >= 15 is 0 Å². The van der Waals surface area contributed by atoms with Gasteiger partial charge in [0.1, 0.15) is 0 Å². The summed E-state index contributed by atoms with van der Waals surface area (Å²) in [6.45, 7) is 2.79. The molecule has 1 aromatic carbocycles. The number of hydrogen-bond acceptors (Lipinski definition) is 4. The average molecular weight is 280 g/mol. The molecule has 0 fully saturated rings. The minimum Gasteiger partial charge on any atom is -0.385 e. The van der Waals surface area contributed by atoms with Gasteiger partial charge >= 0.3 is 0 Å². The molecule has 0 saturated heterocycles. The van der Waals surface area contributed by atoms with Gasteiger partial charge in [-0.3, -0.25) is 4.79 Å². The van der Waals surface area contributed by atoms with Crippen LogP contribution in [0.2, 0.25) is 0 Å². The lowest BCUT2D eigenvalue weighted by atomic mass is 10.3. The number of rotatable bonds is 10. The number of benzene rings is 1. The number of nitrogens with zero attached hydrogens (tertiary/aromatic N) is 1. The zero-order valence-corrected chi connectivity index (χ0v) is 12.3. The van der Waals surface area contributed by atoms with Gasteiger partial charge in [0.2, 0.25) is 5.91 Å². The molecule has 0 atom stereocenters. The van der Waals surface area contributed by atoms with Crippen LogP contribution in [0.4, 0.5) is 5.69 Å². The molecular formula is C15H24N2O3. The van der Waals surface area contributed by atoms with Crippen LogP contribution in [0.1, 0.15) is 6.42 Å². The van der Waals surface area contributed by atoms with Crippen LogP contribution in [0, 0.1) is 0 Å². The molecule has 0 radical (unpaired) electrons. The topological polar surface area (TPSA) is 50.8 Å². The Hall–Kier alpha value is -1.59. The molecule has 0 spiro atoms. The van der Waals surface area contributed by atoms with E-state index in [1.54, 1.807) is 19.1 Å². The second-order valence-corrected chi connectivity index (χ2v) is 4.44. The van der Waals surface area contributed by atoms with Gasteiger partial charge in [-0.2, -0.15) is 0 Å². The van der Waals surface area contributed by atoms with Crippen LogP contribution in [0.3, 0.4) is 0 Å². The fourth-order valence-electron chi connectivity index (χ4n) is 1.81. The molecular weight excluding hydrogens is 256 g/mol. The lowest BCUT2D eigenvalue weighted by Crippen LogP contribution is -2.38. The van der Waals surface area contributed by atoms with Crippen molar-refractivity contribution in [2.24, 2.45) is 0 Å². The zero-order valence-electron chi connectivity index (χ0n) is 12.3. The van der Waals surface area contributed by atoms with E-state index in [4.69, 9.17) is 9.47 Å². The van der Waals surface area contributed by atoms with Crippen LogP contribution in [-0.4, -0.2) is 57.9 Å². The highest BCUT2D eigenvalue weighted by molar-refractivity contribution is 5.80. The molecule has 0 aromatic heterocycles. The van der Waals surface area contributed by atoms with E-state index in [1.807, 2.05) is 30.3 Å². The van der Waals surface area contributed by atoms with Crippen molar-refractivity contribution in [3.8, 4) is 0 Å². The Morgan fingerprint density at radius 2 is 1.80 bits per heavy atom. The second kappa shape index (κ2) is 10.2. The molecule has 1 amide bonds. The van der Waals surface area contributed by atoms with Crippen molar-refractivity contribution in [2.45, 2.75) is 6.42 Å². The predicted octanol–water partition coefficient (Wildman–Crippen LogP) is 1.61. The molecule has 0 aliphatic heterocycles. The summed E-state index contributed by atoms with van der Waals surface area (Å²) in [6, 6.07) is 9.71. The SMILES string of the molecule is COCCCN(CCOC)C(=O)CNc1ccccc1. The largest absolute Gasteiger partial charge is 0.385 e. The second-order valence-electron chi connectivity index (χ2n) is 4.44. The van der Waals surface area contributed by atoms with Crippen molar-refractivity contribution in [1.82, 2.24) is 4.90 Å². The van der Waals surface area contributed by atoms with E-state index in [2.05, 4.69) is 5.32 Å². The van der Waals surface area contributed by atoms with Gasteiger partial charge in [0.15, 0.2) is 0 Å². The normalized spacial score (nSPS) is 10.3. The number of carbonyl (C=O) groups excluding carboxylic acids is 1. The molecule has 0 aliphatic carbocycles. The Labute approximate surface area is 120 Å². The number of carbonyl (C=O) groups is 1. The summed E-state index contributed by atoms with van der Waals surface area (Å²) < 4.78 is 10.1. The molecule has 5 heteroatoms. The molecule has 1 aromatic rings. The summed E-state index contributed by atoms with van der Waals surface area (Å²) >= 11 is 0. The van der Waals surface area contributed by atoms with Gasteiger partial charge < -0.3 is 19.7 Å². The van der Waals surface area contributed by atoms with Crippen LogP contribution >= 0.6 is 0 Å². The first-order valence-electron chi connectivity index (χ1n) is 6.82. The van der Waals surface area contributed by atoms with Gasteiger partial charge in [0.05, 0.1) is 13.2 Å². The fourth-order valence-corrected chi connectivity index (χ4v) is 1.81. The maximum atomic E-state index is 12.2. The van der Waals surface area contributed by atoms with Crippen molar-refractivity contribution < 1.29 is 14.3 Å². The first-order valence-corrected chi connectivity index (χ1v) is 6.82. The van der Waals surface area contributed by atoms with E-state index in [1.165, 1.54) is 0 Å². The average Bonchev–Trinajstić information content (AvgIpc) is 2.49. The van der Waals surface area contributed by atoms with Crippen LogP contribution in [0.25, 0.3) is 0 Å². The maximum Gasteiger partial charge on any atom is 0.241 e. The molecule has 0 heterocycles. The zero-order chi connectivity index (χ0) is 14.6. The van der Waals surface area contributed by atoms with Crippen LogP contribution < -0.4 is 5.32 Å². The highest BCUT2D eigenvalue weighted by atomic mass is 16.5. The number of methoxy groups -OCH3 is 2. The summed E-state index contributed by atoms with van der Waals surface area (Å²) in [6.07, 6.45) is 0.831. The fraction of sp³-hybridized carbons (Fsp3) is 0.533. The minimum atomic E-state index is 0.0713. The quantitative estimate of drug-likeness (QED) is 0.662. The molecule has 0 unspecified atom stereocenters. The van der Waals surface area contributed by atoms with Crippen LogP contribution in [0.5, 0.6) is 0 Å². The third kappa shape index (κ3) is 6.54. The van der Waals surface area contributed by atoms with Crippen molar-refractivity contribution in [3.63, 3.8) is 0 Å². The maximum absolute atomic E-state index is 12.2. The van der Waals surface area contributed by atoms with E-state index in [9.17, 15) is 4.79 Å². The van der Waals surface area contributed by atoms with Gasteiger partial charge in [-0.1, -0.05) is 18.2 Å². The number of amides is 1. The van der Waals surface area contributed by atoms with Gasteiger partial charge in [-0.25, -0.2) is 0 Å². The van der Waals surface area contributed by atoms with Crippen LogP contribution in [-0.2, 0) is 14.3 Å². The highest BCUT2D eigenvalue weighted by Gasteiger charge is 2.12. The van der Waals surface area contributed by atoms with Gasteiger partial charge in [0, 0.05) is 39.6 Å². The number of anilines is 1. The Bertz CT molecular complexity index is 371. The molecule has 0 saturated carbocycles. The van der Waals surface area contributed by atoms with Gasteiger partial charge in [0.25, 0.3) is 0 Å². The monoisotopic (exact) mass is 280 g/mol.